The Labute approximate surface area is 178 Å². The first-order valence-electron chi connectivity index (χ1n) is 8.94. The van der Waals surface area contributed by atoms with E-state index < -0.39 is 0 Å². The Bertz CT molecular complexity index is 892. The van der Waals surface area contributed by atoms with Crippen LogP contribution in [0, 0.1) is 5.92 Å². The number of nitrogens with zero attached hydrogens (tertiary/aromatic N) is 1. The molecule has 28 heavy (non-hydrogen) atoms. The SMILES string of the molecule is COC(=O)CSCc1ccc(Cl)c(OCc2nc(C3=CCC(C)C=C3)cs2)c1. The van der Waals surface area contributed by atoms with Crippen LogP contribution < -0.4 is 4.74 Å². The number of hydrogen-bond donors (Lipinski definition) is 0. The molecule has 0 saturated heterocycles. The molecular weight excluding hydrogens is 414 g/mol. The predicted octanol–water partition coefficient (Wildman–Crippen LogP) is 5.76. The summed E-state index contributed by atoms with van der Waals surface area (Å²) in [7, 11) is 1.39. The number of carbonyl (C=O) groups is 1. The molecule has 1 aromatic carbocycles. The second kappa shape index (κ2) is 10.1. The van der Waals surface area contributed by atoms with E-state index in [4.69, 9.17) is 16.3 Å². The highest BCUT2D eigenvalue weighted by Crippen LogP contribution is 2.29. The number of benzene rings is 1. The maximum atomic E-state index is 11.2. The van der Waals surface area contributed by atoms with Gasteiger partial charge in [-0.3, -0.25) is 4.79 Å². The largest absolute Gasteiger partial charge is 0.485 e. The van der Waals surface area contributed by atoms with Crippen molar-refractivity contribution in [1.29, 1.82) is 0 Å². The highest BCUT2D eigenvalue weighted by molar-refractivity contribution is 7.99. The number of allylic oxidation sites excluding steroid dienone is 4. The van der Waals surface area contributed by atoms with Gasteiger partial charge in [0, 0.05) is 11.1 Å². The molecule has 7 heteroatoms. The highest BCUT2D eigenvalue weighted by atomic mass is 35.5. The Balaban J connectivity index is 1.58. The van der Waals surface area contributed by atoms with E-state index in [1.807, 2.05) is 18.2 Å². The molecule has 148 valence electrons. The minimum absolute atomic E-state index is 0.229. The third kappa shape index (κ3) is 5.87. The van der Waals surface area contributed by atoms with Crippen molar-refractivity contribution in [2.75, 3.05) is 12.9 Å². The summed E-state index contributed by atoms with van der Waals surface area (Å²) in [6.45, 7) is 2.58. The van der Waals surface area contributed by atoms with Gasteiger partial charge in [0.15, 0.2) is 0 Å². The molecule has 3 rings (SSSR count). The number of methoxy groups -OCH3 is 1. The summed E-state index contributed by atoms with van der Waals surface area (Å²) in [6, 6.07) is 5.66. The lowest BCUT2D eigenvalue weighted by molar-refractivity contribution is -0.137. The summed E-state index contributed by atoms with van der Waals surface area (Å²) in [5, 5.41) is 3.53. The standard InChI is InChI=1S/C21H22ClNO3S2/c1-14-3-6-16(7-4-14)18-12-28-20(23-18)10-26-19-9-15(5-8-17(19)22)11-27-13-21(24)25-2/h3,5-9,12,14H,4,10-11,13H2,1-2H3. The van der Waals surface area contributed by atoms with Crippen molar-refractivity contribution in [3.63, 3.8) is 0 Å². The molecule has 1 heterocycles. The first kappa shape index (κ1) is 21.0. The molecule has 2 aromatic rings. The zero-order valence-corrected chi connectivity index (χ0v) is 18.2. The zero-order chi connectivity index (χ0) is 19.9. The van der Waals surface area contributed by atoms with Crippen LogP contribution in [-0.4, -0.2) is 23.8 Å². The van der Waals surface area contributed by atoms with E-state index in [1.54, 1.807) is 11.3 Å². The minimum atomic E-state index is -0.229. The van der Waals surface area contributed by atoms with Gasteiger partial charge in [-0.05, 0) is 35.6 Å². The van der Waals surface area contributed by atoms with Gasteiger partial charge < -0.3 is 9.47 Å². The van der Waals surface area contributed by atoms with Crippen LogP contribution in [0.25, 0.3) is 5.57 Å². The zero-order valence-electron chi connectivity index (χ0n) is 15.8. The first-order valence-corrected chi connectivity index (χ1v) is 11.4. The molecule has 1 unspecified atom stereocenters. The average molecular weight is 436 g/mol. The molecule has 1 aliphatic carbocycles. The molecule has 0 radical (unpaired) electrons. The number of carbonyl (C=O) groups excluding carboxylic acids is 1. The van der Waals surface area contributed by atoms with Gasteiger partial charge in [-0.25, -0.2) is 4.98 Å². The van der Waals surface area contributed by atoms with Gasteiger partial charge in [-0.2, -0.15) is 0 Å². The van der Waals surface area contributed by atoms with Gasteiger partial charge in [0.05, 0.1) is 23.6 Å². The monoisotopic (exact) mass is 435 g/mol. The molecular formula is C21H22ClNO3S2. The van der Waals surface area contributed by atoms with Crippen LogP contribution in [0.4, 0.5) is 0 Å². The minimum Gasteiger partial charge on any atom is -0.485 e. The van der Waals surface area contributed by atoms with E-state index in [0.29, 0.717) is 34.8 Å². The van der Waals surface area contributed by atoms with Crippen molar-refractivity contribution in [1.82, 2.24) is 4.98 Å². The van der Waals surface area contributed by atoms with E-state index in [2.05, 4.69) is 40.3 Å². The van der Waals surface area contributed by atoms with Gasteiger partial charge in [-0.1, -0.05) is 42.8 Å². The Morgan fingerprint density at radius 3 is 3.04 bits per heavy atom. The Morgan fingerprint density at radius 1 is 1.43 bits per heavy atom. The maximum Gasteiger partial charge on any atom is 0.315 e. The van der Waals surface area contributed by atoms with Crippen molar-refractivity contribution in [3.8, 4) is 5.75 Å². The van der Waals surface area contributed by atoms with Gasteiger partial charge >= 0.3 is 5.97 Å². The molecule has 1 aliphatic rings. The molecule has 0 spiro atoms. The Hall–Kier alpha value is -1.76. The smallest absolute Gasteiger partial charge is 0.315 e. The van der Waals surface area contributed by atoms with Crippen LogP contribution in [-0.2, 0) is 21.9 Å². The molecule has 0 fully saturated rings. The summed E-state index contributed by atoms with van der Waals surface area (Å²) >= 11 is 9.34. The summed E-state index contributed by atoms with van der Waals surface area (Å²) < 4.78 is 10.6. The summed E-state index contributed by atoms with van der Waals surface area (Å²) in [5.74, 6) is 1.99. The number of aromatic nitrogens is 1. The van der Waals surface area contributed by atoms with Crippen molar-refractivity contribution < 1.29 is 14.3 Å². The average Bonchev–Trinajstić information content (AvgIpc) is 3.17. The van der Waals surface area contributed by atoms with Crippen LogP contribution in [0.1, 0.15) is 29.6 Å². The van der Waals surface area contributed by atoms with E-state index in [0.717, 1.165) is 22.7 Å². The number of thioether (sulfide) groups is 1. The lowest BCUT2D eigenvalue weighted by Crippen LogP contribution is -2.03. The molecule has 4 nitrogen and oxygen atoms in total. The fourth-order valence-corrected chi connectivity index (χ4v) is 4.31. The van der Waals surface area contributed by atoms with Crippen LogP contribution in [0.2, 0.25) is 5.02 Å². The van der Waals surface area contributed by atoms with Gasteiger partial charge in [0.2, 0.25) is 0 Å². The van der Waals surface area contributed by atoms with Gasteiger partial charge in [0.1, 0.15) is 17.4 Å². The van der Waals surface area contributed by atoms with Crippen molar-refractivity contribution in [3.05, 3.63) is 63.1 Å². The lowest BCUT2D eigenvalue weighted by atomic mass is 9.97. The second-order valence-electron chi connectivity index (χ2n) is 6.48. The van der Waals surface area contributed by atoms with E-state index in [-0.39, 0.29) is 5.97 Å². The molecule has 0 amide bonds. The third-order valence-corrected chi connectivity index (χ3v) is 6.34. The number of esters is 1. The number of rotatable bonds is 8. The fourth-order valence-electron chi connectivity index (χ4n) is 2.63. The number of halogens is 1. The highest BCUT2D eigenvalue weighted by Gasteiger charge is 2.11. The van der Waals surface area contributed by atoms with Crippen molar-refractivity contribution >= 4 is 46.2 Å². The fraction of sp³-hybridized carbons (Fsp3) is 0.333. The van der Waals surface area contributed by atoms with Crippen LogP contribution >= 0.6 is 34.7 Å². The Morgan fingerprint density at radius 2 is 2.29 bits per heavy atom. The predicted molar refractivity (Wildman–Crippen MR) is 117 cm³/mol. The normalized spacial score (nSPS) is 16.0. The third-order valence-electron chi connectivity index (χ3n) is 4.22. The van der Waals surface area contributed by atoms with Crippen molar-refractivity contribution in [2.24, 2.45) is 5.92 Å². The Kier molecular flexibility index (Phi) is 7.59. The summed E-state index contributed by atoms with van der Waals surface area (Å²) in [4.78, 5) is 15.9. The second-order valence-corrected chi connectivity index (χ2v) is 8.82. The van der Waals surface area contributed by atoms with Gasteiger partial charge in [-0.15, -0.1) is 23.1 Å². The molecule has 0 N–H and O–H groups in total. The number of ether oxygens (including phenoxy) is 2. The van der Waals surface area contributed by atoms with E-state index in [1.165, 1.54) is 24.4 Å². The van der Waals surface area contributed by atoms with Crippen molar-refractivity contribution in [2.45, 2.75) is 25.7 Å². The van der Waals surface area contributed by atoms with E-state index in [9.17, 15) is 4.79 Å². The molecule has 0 aliphatic heterocycles. The van der Waals surface area contributed by atoms with Crippen LogP contribution in [0.5, 0.6) is 5.75 Å². The lowest BCUT2D eigenvalue weighted by Gasteiger charge is -2.10. The van der Waals surface area contributed by atoms with Gasteiger partial charge in [0.25, 0.3) is 0 Å². The quantitative estimate of drug-likeness (QED) is 0.493. The van der Waals surface area contributed by atoms with Crippen LogP contribution in [0.15, 0.2) is 41.8 Å². The summed E-state index contributed by atoms with van der Waals surface area (Å²) in [5.41, 5.74) is 3.20. The first-order chi connectivity index (χ1) is 13.5. The molecule has 1 aromatic heterocycles. The maximum absolute atomic E-state index is 11.2. The molecule has 0 saturated carbocycles. The summed E-state index contributed by atoms with van der Waals surface area (Å²) in [6.07, 6.45) is 7.64. The number of thiazole rings is 1. The topological polar surface area (TPSA) is 48.4 Å². The molecule has 0 bridgehead atoms. The van der Waals surface area contributed by atoms with Crippen LogP contribution in [0.3, 0.4) is 0 Å². The molecule has 1 atom stereocenters. The van der Waals surface area contributed by atoms with E-state index >= 15 is 0 Å². The number of hydrogen-bond acceptors (Lipinski definition) is 6.